The third-order valence-electron chi connectivity index (χ3n) is 4.50. The Morgan fingerprint density at radius 3 is 2.50 bits per heavy atom. The van der Waals surface area contributed by atoms with Gasteiger partial charge in [-0.2, -0.15) is 0 Å². The first-order valence-electron chi connectivity index (χ1n) is 7.84. The van der Waals surface area contributed by atoms with Gasteiger partial charge in [0.15, 0.2) is 0 Å². The van der Waals surface area contributed by atoms with Crippen molar-refractivity contribution in [3.8, 4) is 0 Å². The molecule has 1 saturated carbocycles. The molecule has 1 aliphatic rings. The van der Waals surface area contributed by atoms with Crippen LogP contribution in [0.2, 0.25) is 5.02 Å². The first-order chi connectivity index (χ1) is 9.68. The Morgan fingerprint density at radius 2 is 1.85 bits per heavy atom. The molecular formula is C17H26ClNO. The van der Waals surface area contributed by atoms with E-state index in [0.717, 1.165) is 11.5 Å². The predicted octanol–water partition coefficient (Wildman–Crippen LogP) is 4.32. The van der Waals surface area contributed by atoms with Crippen LogP contribution < -0.4 is 5.32 Å². The molecule has 0 bridgehead atoms. The number of aliphatic hydroxyl groups is 1. The summed E-state index contributed by atoms with van der Waals surface area (Å²) < 4.78 is 0. The number of halogens is 1. The summed E-state index contributed by atoms with van der Waals surface area (Å²) >= 11 is 6.12. The number of benzene rings is 1. The fourth-order valence-electron chi connectivity index (χ4n) is 3.13. The second kappa shape index (κ2) is 8.02. The minimum Gasteiger partial charge on any atom is -0.387 e. The predicted molar refractivity (Wildman–Crippen MR) is 85.1 cm³/mol. The van der Waals surface area contributed by atoms with E-state index < -0.39 is 6.10 Å². The first-order valence-corrected chi connectivity index (χ1v) is 8.22. The van der Waals surface area contributed by atoms with E-state index >= 15 is 0 Å². The van der Waals surface area contributed by atoms with Crippen molar-refractivity contribution in [2.75, 3.05) is 6.54 Å². The van der Waals surface area contributed by atoms with E-state index in [1.54, 1.807) is 0 Å². The first kappa shape index (κ1) is 15.8. The van der Waals surface area contributed by atoms with E-state index in [9.17, 15) is 5.11 Å². The van der Waals surface area contributed by atoms with Crippen LogP contribution in [-0.2, 0) is 0 Å². The number of hydrogen-bond acceptors (Lipinski definition) is 2. The van der Waals surface area contributed by atoms with Crippen molar-refractivity contribution in [2.24, 2.45) is 5.92 Å². The molecule has 2 nitrogen and oxygen atoms in total. The highest BCUT2D eigenvalue weighted by atomic mass is 35.5. The van der Waals surface area contributed by atoms with E-state index in [0.29, 0.717) is 17.6 Å². The fourth-order valence-corrected chi connectivity index (χ4v) is 3.39. The van der Waals surface area contributed by atoms with Gasteiger partial charge in [0.2, 0.25) is 0 Å². The van der Waals surface area contributed by atoms with E-state index in [1.165, 1.54) is 38.5 Å². The molecule has 112 valence electrons. The van der Waals surface area contributed by atoms with Crippen LogP contribution in [0.3, 0.4) is 0 Å². The van der Waals surface area contributed by atoms with Gasteiger partial charge in [0.1, 0.15) is 0 Å². The molecule has 1 aliphatic carbocycles. The van der Waals surface area contributed by atoms with Crippen molar-refractivity contribution < 1.29 is 5.11 Å². The Labute approximate surface area is 127 Å². The zero-order chi connectivity index (χ0) is 14.4. The molecule has 3 heteroatoms. The number of hydrogen-bond donors (Lipinski definition) is 2. The number of nitrogens with one attached hydrogen (secondary N) is 1. The summed E-state index contributed by atoms with van der Waals surface area (Å²) in [5.41, 5.74) is 0.815. The maximum absolute atomic E-state index is 10.3. The van der Waals surface area contributed by atoms with E-state index in [-0.39, 0.29) is 0 Å². The number of aliphatic hydroxyl groups excluding tert-OH is 1. The largest absolute Gasteiger partial charge is 0.387 e. The highest BCUT2D eigenvalue weighted by Gasteiger charge is 2.20. The third-order valence-corrected chi connectivity index (χ3v) is 4.85. The van der Waals surface area contributed by atoms with Crippen molar-refractivity contribution in [2.45, 2.75) is 57.6 Å². The lowest BCUT2D eigenvalue weighted by molar-refractivity contribution is 0.164. The van der Waals surface area contributed by atoms with Crippen molar-refractivity contribution in [3.63, 3.8) is 0 Å². The Kier molecular flexibility index (Phi) is 6.34. The molecule has 2 rings (SSSR count). The van der Waals surface area contributed by atoms with Gasteiger partial charge in [-0.1, -0.05) is 55.5 Å². The molecule has 0 aliphatic heterocycles. The zero-order valence-electron chi connectivity index (χ0n) is 12.3. The van der Waals surface area contributed by atoms with Crippen LogP contribution in [0.15, 0.2) is 24.3 Å². The van der Waals surface area contributed by atoms with E-state index in [4.69, 9.17) is 11.6 Å². The van der Waals surface area contributed by atoms with Gasteiger partial charge in [0.05, 0.1) is 6.10 Å². The highest BCUT2D eigenvalue weighted by molar-refractivity contribution is 6.31. The summed E-state index contributed by atoms with van der Waals surface area (Å²) in [6.45, 7) is 2.82. The van der Waals surface area contributed by atoms with Crippen LogP contribution in [0.1, 0.15) is 57.1 Å². The van der Waals surface area contributed by atoms with Crippen molar-refractivity contribution >= 4 is 11.6 Å². The Bertz CT molecular complexity index is 402. The summed E-state index contributed by atoms with van der Waals surface area (Å²) in [5.74, 6) is 0.746. The molecule has 1 fully saturated rings. The van der Waals surface area contributed by atoms with Crippen LogP contribution in [0.25, 0.3) is 0 Å². The maximum atomic E-state index is 10.3. The summed E-state index contributed by atoms with van der Waals surface area (Å²) in [6.07, 6.45) is 7.56. The molecule has 2 N–H and O–H groups in total. The smallest absolute Gasteiger partial charge is 0.0928 e. The van der Waals surface area contributed by atoms with Crippen LogP contribution in [0.5, 0.6) is 0 Å². The van der Waals surface area contributed by atoms with E-state index in [1.807, 2.05) is 24.3 Å². The van der Waals surface area contributed by atoms with Gasteiger partial charge in [-0.3, -0.25) is 0 Å². The SMILES string of the molecule is C[C@H](NCC(O)c1ccccc1Cl)C1CCCCCC1. The second-order valence-corrected chi connectivity index (χ2v) is 6.39. The standard InChI is InChI=1S/C17H26ClNO/c1-13(14-8-4-2-3-5-9-14)19-12-17(20)15-10-6-7-11-16(15)18/h6-7,10-11,13-14,17,19-20H,2-5,8-9,12H2,1H3/t13-,17?/m0/s1. The zero-order valence-corrected chi connectivity index (χ0v) is 13.1. The molecule has 1 aromatic carbocycles. The quantitative estimate of drug-likeness (QED) is 0.793. The summed E-state index contributed by atoms with van der Waals surface area (Å²) in [5, 5.41) is 14.4. The lowest BCUT2D eigenvalue weighted by Gasteiger charge is -2.25. The van der Waals surface area contributed by atoms with Gasteiger partial charge in [0, 0.05) is 23.2 Å². The minimum atomic E-state index is -0.531. The highest BCUT2D eigenvalue weighted by Crippen LogP contribution is 2.26. The van der Waals surface area contributed by atoms with Crippen LogP contribution in [-0.4, -0.2) is 17.7 Å². The molecule has 20 heavy (non-hydrogen) atoms. The van der Waals surface area contributed by atoms with Gasteiger partial charge in [-0.05, 0) is 31.7 Å². The van der Waals surface area contributed by atoms with Gasteiger partial charge in [-0.25, -0.2) is 0 Å². The van der Waals surface area contributed by atoms with Crippen molar-refractivity contribution in [1.29, 1.82) is 0 Å². The Balaban J connectivity index is 1.83. The Hall–Kier alpha value is -0.570. The van der Waals surface area contributed by atoms with Gasteiger partial charge in [-0.15, -0.1) is 0 Å². The fraction of sp³-hybridized carbons (Fsp3) is 0.647. The summed E-state index contributed by atoms with van der Waals surface area (Å²) in [6, 6.07) is 7.99. The van der Waals surface area contributed by atoms with E-state index in [2.05, 4.69) is 12.2 Å². The monoisotopic (exact) mass is 295 g/mol. The van der Waals surface area contributed by atoms with Crippen LogP contribution >= 0.6 is 11.6 Å². The normalized spacial score (nSPS) is 20.4. The van der Waals surface area contributed by atoms with Gasteiger partial charge < -0.3 is 10.4 Å². The second-order valence-electron chi connectivity index (χ2n) is 5.99. The minimum absolute atomic E-state index is 0.463. The molecular weight excluding hydrogens is 270 g/mol. The van der Waals surface area contributed by atoms with Crippen molar-refractivity contribution in [3.05, 3.63) is 34.9 Å². The van der Waals surface area contributed by atoms with Crippen LogP contribution in [0, 0.1) is 5.92 Å². The van der Waals surface area contributed by atoms with Crippen molar-refractivity contribution in [1.82, 2.24) is 5.32 Å². The molecule has 2 atom stereocenters. The molecule has 0 aromatic heterocycles. The molecule has 0 heterocycles. The average molecular weight is 296 g/mol. The topological polar surface area (TPSA) is 32.3 Å². The lowest BCUT2D eigenvalue weighted by Crippen LogP contribution is -2.36. The number of rotatable bonds is 5. The molecule has 1 aromatic rings. The maximum Gasteiger partial charge on any atom is 0.0928 e. The third kappa shape index (κ3) is 4.47. The molecule has 0 radical (unpaired) electrons. The Morgan fingerprint density at radius 1 is 1.20 bits per heavy atom. The lowest BCUT2D eigenvalue weighted by atomic mass is 9.93. The molecule has 0 spiro atoms. The molecule has 0 saturated heterocycles. The van der Waals surface area contributed by atoms with Crippen LogP contribution in [0.4, 0.5) is 0 Å². The summed E-state index contributed by atoms with van der Waals surface area (Å²) in [7, 11) is 0. The molecule has 1 unspecified atom stereocenters. The molecule has 0 amide bonds. The van der Waals surface area contributed by atoms with Gasteiger partial charge in [0.25, 0.3) is 0 Å². The average Bonchev–Trinajstić information content (AvgIpc) is 2.74. The van der Waals surface area contributed by atoms with Gasteiger partial charge >= 0.3 is 0 Å². The summed E-state index contributed by atoms with van der Waals surface area (Å²) in [4.78, 5) is 0.